The largest absolute Gasteiger partial charge is 0.386 e. The minimum absolute atomic E-state index is 0.00619. The molecule has 2 aromatic heterocycles. The van der Waals surface area contributed by atoms with E-state index in [0.29, 0.717) is 10.7 Å². The van der Waals surface area contributed by atoms with Crippen LogP contribution in [0.25, 0.3) is 0 Å². The third kappa shape index (κ3) is 3.91. The van der Waals surface area contributed by atoms with Crippen molar-refractivity contribution >= 4 is 38.6 Å². The van der Waals surface area contributed by atoms with E-state index in [2.05, 4.69) is 20.8 Å². The standard InChI is InChI=1S/C20H22ClFN4O2S/c1-19(2)18(23)26-20(3,11-29(19,4)28)17-14(22)7-6-13(25-17)9-16(27)15-8-5-12(21)10-24-15/h5-8,10H,4,9,11H2,1-3H3,(H2,23,26)/t20-,29?/m0/s1. The number of nitrogens with zero attached hydrogens (tertiary/aromatic N) is 3. The smallest absolute Gasteiger partial charge is 0.187 e. The van der Waals surface area contributed by atoms with Gasteiger partial charge in [0.2, 0.25) is 0 Å². The Morgan fingerprint density at radius 3 is 2.59 bits per heavy atom. The molecule has 29 heavy (non-hydrogen) atoms. The molecule has 3 rings (SSSR count). The number of amidine groups is 1. The van der Waals surface area contributed by atoms with Crippen LogP contribution >= 0.6 is 11.6 Å². The van der Waals surface area contributed by atoms with E-state index in [1.54, 1.807) is 26.8 Å². The van der Waals surface area contributed by atoms with Crippen molar-refractivity contribution in [2.24, 2.45) is 10.7 Å². The number of carbonyl (C=O) groups excluding carboxylic acids is 1. The Hall–Kier alpha value is -2.32. The summed E-state index contributed by atoms with van der Waals surface area (Å²) in [6.07, 6.45) is 1.30. The van der Waals surface area contributed by atoms with Crippen molar-refractivity contribution in [3.05, 3.63) is 58.4 Å². The first kappa shape index (κ1) is 21.4. The Bertz CT molecular complexity index is 1110. The third-order valence-electron chi connectivity index (χ3n) is 5.20. The molecule has 2 N–H and O–H groups in total. The summed E-state index contributed by atoms with van der Waals surface area (Å²) in [7, 11) is -2.72. The topological polar surface area (TPSA) is 98.3 Å². The lowest BCUT2D eigenvalue weighted by molar-refractivity contribution is 0.0987. The molecule has 2 aromatic rings. The van der Waals surface area contributed by atoms with Gasteiger partial charge < -0.3 is 5.73 Å². The lowest BCUT2D eigenvalue weighted by Crippen LogP contribution is -2.55. The number of rotatable bonds is 4. The maximum atomic E-state index is 14.7. The number of aromatic nitrogens is 2. The summed E-state index contributed by atoms with van der Waals surface area (Å²) in [5.74, 6) is 3.08. The van der Waals surface area contributed by atoms with Gasteiger partial charge in [-0.2, -0.15) is 0 Å². The molecule has 0 aromatic carbocycles. The fourth-order valence-corrected chi connectivity index (χ4v) is 5.14. The number of ketones is 1. The Morgan fingerprint density at radius 2 is 2.00 bits per heavy atom. The number of aliphatic imine (C=N–C) groups is 1. The minimum Gasteiger partial charge on any atom is -0.386 e. The number of Topliss-reactive ketones (excluding diaryl/α,β-unsaturated/α-hetero) is 1. The van der Waals surface area contributed by atoms with Crippen LogP contribution in [0, 0.1) is 5.82 Å². The van der Waals surface area contributed by atoms with Crippen LogP contribution in [-0.4, -0.2) is 42.2 Å². The molecule has 0 spiro atoms. The molecule has 0 bridgehead atoms. The lowest BCUT2D eigenvalue weighted by atomic mass is 9.97. The Kier molecular flexibility index (Phi) is 5.29. The fourth-order valence-electron chi connectivity index (χ4n) is 3.13. The van der Waals surface area contributed by atoms with Gasteiger partial charge in [-0.25, -0.2) is 4.39 Å². The Morgan fingerprint density at radius 1 is 1.31 bits per heavy atom. The minimum atomic E-state index is -2.72. The summed E-state index contributed by atoms with van der Waals surface area (Å²) in [5.41, 5.74) is 5.38. The molecule has 3 heterocycles. The molecule has 0 amide bonds. The number of carbonyl (C=O) groups is 1. The SMILES string of the molecule is C=S1(=O)C[C@@](C)(c2nc(CC(=O)c3ccc(Cl)cn3)ccc2F)N=C(N)C1(C)C. The van der Waals surface area contributed by atoms with E-state index in [1.807, 2.05) is 0 Å². The van der Waals surface area contributed by atoms with Crippen LogP contribution in [-0.2, 0) is 21.5 Å². The molecule has 0 saturated heterocycles. The average molecular weight is 437 g/mol. The number of hydrogen-bond donors (Lipinski definition) is 1. The molecular weight excluding hydrogens is 415 g/mol. The Labute approximate surface area is 174 Å². The van der Waals surface area contributed by atoms with Crippen molar-refractivity contribution in [3.8, 4) is 0 Å². The molecule has 1 unspecified atom stereocenters. The van der Waals surface area contributed by atoms with Gasteiger partial charge in [0.05, 0.1) is 16.2 Å². The summed E-state index contributed by atoms with van der Waals surface area (Å²) < 4.78 is 26.9. The molecule has 1 aliphatic rings. The second kappa shape index (κ2) is 7.18. The zero-order chi connectivity index (χ0) is 21.6. The first-order valence-electron chi connectivity index (χ1n) is 8.87. The van der Waals surface area contributed by atoms with Gasteiger partial charge in [-0.05, 0) is 60.4 Å². The zero-order valence-electron chi connectivity index (χ0n) is 16.4. The van der Waals surface area contributed by atoms with Crippen molar-refractivity contribution in [1.29, 1.82) is 0 Å². The van der Waals surface area contributed by atoms with Crippen molar-refractivity contribution < 1.29 is 13.4 Å². The van der Waals surface area contributed by atoms with Crippen molar-refractivity contribution in [2.75, 3.05) is 5.75 Å². The van der Waals surface area contributed by atoms with Gasteiger partial charge in [-0.15, -0.1) is 0 Å². The van der Waals surface area contributed by atoms with Gasteiger partial charge in [0.15, 0.2) is 5.78 Å². The predicted molar refractivity (Wildman–Crippen MR) is 115 cm³/mol. The monoisotopic (exact) mass is 436 g/mol. The average Bonchev–Trinajstić information content (AvgIpc) is 2.62. The number of halogens is 2. The molecule has 2 atom stereocenters. The van der Waals surface area contributed by atoms with Gasteiger partial charge in [0, 0.05) is 17.6 Å². The van der Waals surface area contributed by atoms with Gasteiger partial charge in [-0.1, -0.05) is 11.6 Å². The van der Waals surface area contributed by atoms with Crippen molar-refractivity contribution in [3.63, 3.8) is 0 Å². The first-order valence-corrected chi connectivity index (χ1v) is 11.1. The van der Waals surface area contributed by atoms with Crippen LogP contribution in [0.1, 0.15) is 42.6 Å². The number of pyridine rings is 2. The maximum absolute atomic E-state index is 14.7. The third-order valence-corrected chi connectivity index (χ3v) is 8.52. The zero-order valence-corrected chi connectivity index (χ0v) is 18.0. The van der Waals surface area contributed by atoms with E-state index in [4.69, 9.17) is 17.3 Å². The van der Waals surface area contributed by atoms with E-state index in [9.17, 15) is 13.4 Å². The second-order valence-electron chi connectivity index (χ2n) is 7.83. The van der Waals surface area contributed by atoms with E-state index < -0.39 is 25.6 Å². The highest BCUT2D eigenvalue weighted by Gasteiger charge is 2.46. The van der Waals surface area contributed by atoms with E-state index in [-0.39, 0.29) is 35.2 Å². The highest BCUT2D eigenvalue weighted by atomic mass is 35.5. The van der Waals surface area contributed by atoms with Crippen LogP contribution in [0.2, 0.25) is 5.02 Å². The molecule has 9 heteroatoms. The van der Waals surface area contributed by atoms with Gasteiger partial charge in [0.1, 0.15) is 28.6 Å². The molecule has 154 valence electrons. The van der Waals surface area contributed by atoms with Crippen LogP contribution in [0.15, 0.2) is 35.5 Å². The van der Waals surface area contributed by atoms with Crippen LogP contribution < -0.4 is 5.73 Å². The number of hydrogen-bond acceptors (Lipinski definition) is 6. The van der Waals surface area contributed by atoms with Gasteiger partial charge in [-0.3, -0.25) is 24.0 Å². The molecule has 0 radical (unpaired) electrons. The molecule has 1 aliphatic heterocycles. The summed E-state index contributed by atoms with van der Waals surface area (Å²) in [4.78, 5) is 25.2. The molecule has 6 nitrogen and oxygen atoms in total. The van der Waals surface area contributed by atoms with Crippen molar-refractivity contribution in [2.45, 2.75) is 37.5 Å². The van der Waals surface area contributed by atoms with Crippen molar-refractivity contribution in [1.82, 2.24) is 9.97 Å². The van der Waals surface area contributed by atoms with Crippen LogP contribution in [0.3, 0.4) is 0 Å². The summed E-state index contributed by atoms with van der Waals surface area (Å²) in [5, 5.41) is 0.420. The summed E-state index contributed by atoms with van der Waals surface area (Å²) >= 11 is 5.79. The highest BCUT2D eigenvalue weighted by Crippen LogP contribution is 2.37. The molecular formula is C20H22ClFN4O2S. The molecule has 0 saturated carbocycles. The number of nitrogens with two attached hydrogens (primary N) is 1. The van der Waals surface area contributed by atoms with E-state index in [1.165, 1.54) is 24.4 Å². The van der Waals surface area contributed by atoms with Gasteiger partial charge >= 0.3 is 0 Å². The molecule has 0 fully saturated rings. The van der Waals surface area contributed by atoms with E-state index in [0.717, 1.165) is 0 Å². The van der Waals surface area contributed by atoms with Crippen LogP contribution in [0.5, 0.6) is 0 Å². The predicted octanol–water partition coefficient (Wildman–Crippen LogP) is 2.78. The molecule has 0 aliphatic carbocycles. The second-order valence-corrected chi connectivity index (χ2v) is 11.2. The lowest BCUT2D eigenvalue weighted by Gasteiger charge is -2.40. The summed E-state index contributed by atoms with van der Waals surface area (Å²) in [6, 6.07) is 5.74. The van der Waals surface area contributed by atoms with Crippen LogP contribution in [0.4, 0.5) is 4.39 Å². The first-order chi connectivity index (χ1) is 13.4. The van der Waals surface area contributed by atoms with Gasteiger partial charge in [0.25, 0.3) is 0 Å². The maximum Gasteiger partial charge on any atom is 0.187 e. The Balaban J connectivity index is 1.98. The quantitative estimate of drug-likeness (QED) is 0.587. The summed E-state index contributed by atoms with van der Waals surface area (Å²) in [6.45, 7) is 5.04. The van der Waals surface area contributed by atoms with E-state index >= 15 is 0 Å². The normalized spacial score (nSPS) is 26.0. The fraction of sp³-hybridized carbons (Fsp3) is 0.350. The highest BCUT2D eigenvalue weighted by molar-refractivity contribution is 8.02.